The lowest BCUT2D eigenvalue weighted by Gasteiger charge is -2.13. The van der Waals surface area contributed by atoms with E-state index in [9.17, 15) is 9.90 Å². The second-order valence-electron chi connectivity index (χ2n) is 7.04. The molecule has 0 bridgehead atoms. The molecule has 0 saturated carbocycles. The predicted octanol–water partition coefficient (Wildman–Crippen LogP) is 6.22. The molecule has 7 heteroatoms. The molecule has 156 valence electrons. The van der Waals surface area contributed by atoms with E-state index in [1.807, 2.05) is 41.8 Å². The van der Waals surface area contributed by atoms with Crippen LogP contribution in [0.5, 0.6) is 5.88 Å². The summed E-state index contributed by atoms with van der Waals surface area (Å²) >= 11 is 7.53. The summed E-state index contributed by atoms with van der Waals surface area (Å²) in [7, 11) is 0. The Kier molecular flexibility index (Phi) is 5.31. The average molecular weight is 458 g/mol. The SMILES string of the molecule is O=c1c2ccccc2c(/C=N/c2nc(-c3ccccc3)cs2)c(O)n1-c1cccc(Cl)c1. The van der Waals surface area contributed by atoms with Crippen LogP contribution in [0.4, 0.5) is 5.13 Å². The topological polar surface area (TPSA) is 67.5 Å². The Hall–Kier alpha value is -3.74. The van der Waals surface area contributed by atoms with Gasteiger partial charge in [0.2, 0.25) is 11.0 Å². The van der Waals surface area contributed by atoms with Gasteiger partial charge in [0.05, 0.1) is 16.9 Å². The van der Waals surface area contributed by atoms with E-state index >= 15 is 0 Å². The van der Waals surface area contributed by atoms with E-state index in [1.165, 1.54) is 15.9 Å². The molecule has 0 atom stereocenters. The fourth-order valence-corrected chi connectivity index (χ4v) is 4.38. The Labute approximate surface area is 192 Å². The number of aliphatic imine (C=N–C) groups is 1. The molecule has 0 radical (unpaired) electrons. The molecular formula is C25H16ClN3O2S. The molecule has 2 heterocycles. The van der Waals surface area contributed by atoms with E-state index in [1.54, 1.807) is 48.7 Å². The Morgan fingerprint density at radius 2 is 1.72 bits per heavy atom. The number of hydrogen-bond acceptors (Lipinski definition) is 5. The van der Waals surface area contributed by atoms with E-state index in [4.69, 9.17) is 11.6 Å². The number of halogens is 1. The normalized spacial score (nSPS) is 11.4. The highest BCUT2D eigenvalue weighted by Gasteiger charge is 2.16. The molecule has 1 N–H and O–H groups in total. The maximum absolute atomic E-state index is 13.2. The van der Waals surface area contributed by atoms with Crippen LogP contribution < -0.4 is 5.56 Å². The van der Waals surface area contributed by atoms with Crippen LogP contribution in [0.3, 0.4) is 0 Å². The Balaban J connectivity index is 1.64. The van der Waals surface area contributed by atoms with Gasteiger partial charge in [0.15, 0.2) is 0 Å². The summed E-state index contributed by atoms with van der Waals surface area (Å²) in [5, 5.41) is 15.1. The average Bonchev–Trinajstić information content (AvgIpc) is 3.29. The van der Waals surface area contributed by atoms with Crippen molar-refractivity contribution in [2.24, 2.45) is 4.99 Å². The number of nitrogens with zero attached hydrogens (tertiary/aromatic N) is 3. The Morgan fingerprint density at radius 3 is 2.50 bits per heavy atom. The Bertz CT molecular complexity index is 1520. The fraction of sp³-hybridized carbons (Fsp3) is 0. The van der Waals surface area contributed by atoms with Crippen molar-refractivity contribution in [3.63, 3.8) is 0 Å². The first-order chi connectivity index (χ1) is 15.6. The molecule has 0 fully saturated rings. The van der Waals surface area contributed by atoms with Crippen LogP contribution in [0.1, 0.15) is 5.56 Å². The van der Waals surface area contributed by atoms with Crippen LogP contribution in [-0.2, 0) is 0 Å². The van der Waals surface area contributed by atoms with Gasteiger partial charge in [0.1, 0.15) is 0 Å². The zero-order valence-corrected chi connectivity index (χ0v) is 18.2. The van der Waals surface area contributed by atoms with Crippen molar-refractivity contribution in [2.45, 2.75) is 0 Å². The van der Waals surface area contributed by atoms with Crippen LogP contribution >= 0.6 is 22.9 Å². The first-order valence-electron chi connectivity index (χ1n) is 9.79. The highest BCUT2D eigenvalue weighted by molar-refractivity contribution is 7.13. The summed E-state index contributed by atoms with van der Waals surface area (Å²) < 4.78 is 1.24. The lowest BCUT2D eigenvalue weighted by Crippen LogP contribution is -2.20. The molecule has 5 aromatic rings. The highest BCUT2D eigenvalue weighted by atomic mass is 35.5. The van der Waals surface area contributed by atoms with Crippen LogP contribution in [0.2, 0.25) is 5.02 Å². The van der Waals surface area contributed by atoms with Crippen LogP contribution in [-0.4, -0.2) is 20.9 Å². The molecule has 3 aromatic carbocycles. The van der Waals surface area contributed by atoms with E-state index < -0.39 is 0 Å². The quantitative estimate of drug-likeness (QED) is 0.325. The number of rotatable bonds is 4. The van der Waals surface area contributed by atoms with Gasteiger partial charge in [-0.15, -0.1) is 11.3 Å². The second kappa shape index (κ2) is 8.42. The first-order valence-corrected chi connectivity index (χ1v) is 11.1. The number of aromatic hydroxyl groups is 1. The summed E-state index contributed by atoms with van der Waals surface area (Å²) in [4.78, 5) is 22.2. The van der Waals surface area contributed by atoms with Crippen molar-refractivity contribution in [3.05, 3.63) is 105 Å². The Morgan fingerprint density at radius 1 is 0.969 bits per heavy atom. The summed E-state index contributed by atoms with van der Waals surface area (Å²) in [6.07, 6.45) is 1.55. The molecule has 5 rings (SSSR count). The summed E-state index contributed by atoms with van der Waals surface area (Å²) in [5.41, 5.74) is 2.41. The van der Waals surface area contributed by atoms with Crippen molar-refractivity contribution in [3.8, 4) is 22.8 Å². The zero-order chi connectivity index (χ0) is 22.1. The van der Waals surface area contributed by atoms with Crippen molar-refractivity contribution in [1.82, 2.24) is 9.55 Å². The van der Waals surface area contributed by atoms with Gasteiger partial charge in [-0.05, 0) is 24.3 Å². The minimum Gasteiger partial charge on any atom is -0.494 e. The monoisotopic (exact) mass is 457 g/mol. The van der Waals surface area contributed by atoms with E-state index in [-0.39, 0.29) is 11.4 Å². The van der Waals surface area contributed by atoms with Crippen molar-refractivity contribution in [2.75, 3.05) is 0 Å². The summed E-state index contributed by atoms with van der Waals surface area (Å²) in [5.74, 6) is -0.209. The van der Waals surface area contributed by atoms with Gasteiger partial charge in [0, 0.05) is 33.0 Å². The third-order valence-corrected chi connectivity index (χ3v) is 6.02. The number of thiazole rings is 1. The molecule has 32 heavy (non-hydrogen) atoms. The molecular weight excluding hydrogens is 442 g/mol. The number of fused-ring (bicyclic) bond motifs is 1. The molecule has 0 saturated heterocycles. The predicted molar refractivity (Wildman–Crippen MR) is 131 cm³/mol. The van der Waals surface area contributed by atoms with Crippen LogP contribution in [0, 0.1) is 0 Å². The molecule has 0 unspecified atom stereocenters. The van der Waals surface area contributed by atoms with Gasteiger partial charge in [-0.25, -0.2) is 14.5 Å². The summed E-state index contributed by atoms with van der Waals surface area (Å²) in [6, 6.07) is 23.8. The third-order valence-electron chi connectivity index (χ3n) is 5.04. The number of pyridine rings is 1. The number of hydrogen-bond donors (Lipinski definition) is 1. The van der Waals surface area contributed by atoms with Gasteiger partial charge in [-0.1, -0.05) is 66.2 Å². The van der Waals surface area contributed by atoms with Gasteiger partial charge in [0.25, 0.3) is 5.56 Å². The van der Waals surface area contributed by atoms with Gasteiger partial charge < -0.3 is 5.11 Å². The minimum absolute atomic E-state index is 0.209. The summed E-state index contributed by atoms with van der Waals surface area (Å²) in [6.45, 7) is 0. The molecule has 0 aliphatic heterocycles. The standard InChI is InChI=1S/C25H16ClN3O2S/c26-17-9-6-10-18(13-17)29-23(30)20-12-5-4-11-19(20)21(24(29)31)14-27-25-28-22(15-32-25)16-7-2-1-3-8-16/h1-15,31H/b27-14+. The zero-order valence-electron chi connectivity index (χ0n) is 16.6. The highest BCUT2D eigenvalue weighted by Crippen LogP contribution is 2.29. The molecule has 0 aliphatic carbocycles. The maximum atomic E-state index is 13.2. The molecule has 0 amide bonds. The van der Waals surface area contributed by atoms with Crippen molar-refractivity contribution < 1.29 is 5.11 Å². The lowest BCUT2D eigenvalue weighted by atomic mass is 10.1. The van der Waals surface area contributed by atoms with E-state index in [0.29, 0.717) is 32.2 Å². The van der Waals surface area contributed by atoms with Crippen LogP contribution in [0.15, 0.2) is 94.0 Å². The minimum atomic E-state index is -0.335. The largest absolute Gasteiger partial charge is 0.494 e. The van der Waals surface area contributed by atoms with Crippen molar-refractivity contribution in [1.29, 1.82) is 0 Å². The molecule has 0 aliphatic rings. The molecule has 2 aromatic heterocycles. The maximum Gasteiger partial charge on any atom is 0.265 e. The smallest absolute Gasteiger partial charge is 0.265 e. The van der Waals surface area contributed by atoms with E-state index in [0.717, 1.165) is 11.3 Å². The fourth-order valence-electron chi connectivity index (χ4n) is 3.53. The van der Waals surface area contributed by atoms with E-state index in [2.05, 4.69) is 9.98 Å². The van der Waals surface area contributed by atoms with Crippen molar-refractivity contribution >= 4 is 45.1 Å². The molecule has 5 nitrogen and oxygen atoms in total. The molecule has 0 spiro atoms. The van der Waals surface area contributed by atoms with Gasteiger partial charge >= 0.3 is 0 Å². The number of benzene rings is 3. The van der Waals surface area contributed by atoms with Gasteiger partial charge in [-0.3, -0.25) is 4.79 Å². The second-order valence-corrected chi connectivity index (χ2v) is 8.32. The lowest BCUT2D eigenvalue weighted by molar-refractivity contribution is 0.436. The van der Waals surface area contributed by atoms with Crippen LogP contribution in [0.25, 0.3) is 27.7 Å². The van der Waals surface area contributed by atoms with Gasteiger partial charge in [-0.2, -0.15) is 0 Å². The number of aromatic nitrogens is 2. The third kappa shape index (κ3) is 3.70. The first kappa shape index (κ1) is 20.2.